The van der Waals surface area contributed by atoms with Gasteiger partial charge in [-0.05, 0) is 49.4 Å². The van der Waals surface area contributed by atoms with Gasteiger partial charge in [0.2, 0.25) is 0 Å². The molecule has 2 heterocycles. The maximum Gasteiger partial charge on any atom is 0.344 e. The molecule has 0 aliphatic carbocycles. The van der Waals surface area contributed by atoms with Crippen molar-refractivity contribution in [1.29, 1.82) is 0 Å². The maximum absolute atomic E-state index is 12.4. The standard InChI is InChI=1S/C21H23NO3/c1-2-14-7-5-6-12-22(14)13-18-19(23)11-10-16-15-8-3-4-9-17(15)21(24)25-20(16)18/h3-4,8-11,14,23H,2,5-7,12-13H2,1H3/t14-/m0/s1. The zero-order valence-corrected chi connectivity index (χ0v) is 14.5. The van der Waals surface area contributed by atoms with E-state index in [0.717, 1.165) is 29.3 Å². The van der Waals surface area contributed by atoms with E-state index in [4.69, 9.17) is 4.42 Å². The van der Waals surface area contributed by atoms with Crippen molar-refractivity contribution in [3.8, 4) is 5.75 Å². The first-order valence-electron chi connectivity index (χ1n) is 9.09. The molecule has 0 bridgehead atoms. The van der Waals surface area contributed by atoms with Crippen molar-refractivity contribution in [2.45, 2.75) is 45.2 Å². The fraction of sp³-hybridized carbons (Fsp3) is 0.381. The number of phenolic OH excluding ortho intramolecular Hbond substituents is 1. The number of fused-ring (bicyclic) bond motifs is 3. The Kier molecular flexibility index (Phi) is 4.22. The molecular formula is C21H23NO3. The second-order valence-corrected chi connectivity index (χ2v) is 6.90. The van der Waals surface area contributed by atoms with Gasteiger partial charge in [0, 0.05) is 18.0 Å². The Hall–Kier alpha value is -2.33. The summed E-state index contributed by atoms with van der Waals surface area (Å²) in [6.45, 7) is 3.84. The molecule has 0 radical (unpaired) electrons. The van der Waals surface area contributed by atoms with Crippen LogP contribution in [0, 0.1) is 0 Å². The Bertz CT molecular complexity index is 976. The molecule has 1 fully saturated rings. The van der Waals surface area contributed by atoms with Crippen LogP contribution in [-0.2, 0) is 6.54 Å². The molecule has 0 unspecified atom stereocenters. The number of hydrogen-bond acceptors (Lipinski definition) is 4. The number of rotatable bonds is 3. The predicted octanol–water partition coefficient (Wildman–Crippen LogP) is 4.42. The van der Waals surface area contributed by atoms with Gasteiger partial charge >= 0.3 is 5.63 Å². The third-order valence-corrected chi connectivity index (χ3v) is 5.45. The summed E-state index contributed by atoms with van der Waals surface area (Å²) in [6.07, 6.45) is 4.72. The summed E-state index contributed by atoms with van der Waals surface area (Å²) in [6, 6.07) is 11.6. The highest BCUT2D eigenvalue weighted by Crippen LogP contribution is 2.33. The minimum Gasteiger partial charge on any atom is -0.507 e. The quantitative estimate of drug-likeness (QED) is 0.568. The second-order valence-electron chi connectivity index (χ2n) is 6.90. The summed E-state index contributed by atoms with van der Waals surface area (Å²) in [5.74, 6) is 0.200. The van der Waals surface area contributed by atoms with E-state index in [1.165, 1.54) is 19.3 Å². The van der Waals surface area contributed by atoms with Crippen LogP contribution >= 0.6 is 0 Å². The molecule has 0 amide bonds. The first-order valence-corrected chi connectivity index (χ1v) is 9.09. The van der Waals surface area contributed by atoms with Crippen LogP contribution in [0.4, 0.5) is 0 Å². The lowest BCUT2D eigenvalue weighted by Gasteiger charge is -2.35. The van der Waals surface area contributed by atoms with E-state index in [2.05, 4.69) is 11.8 Å². The van der Waals surface area contributed by atoms with E-state index < -0.39 is 0 Å². The minimum absolute atomic E-state index is 0.200. The van der Waals surface area contributed by atoms with Crippen LogP contribution in [0.5, 0.6) is 5.75 Å². The molecule has 4 nitrogen and oxygen atoms in total. The lowest BCUT2D eigenvalue weighted by atomic mass is 9.98. The van der Waals surface area contributed by atoms with Gasteiger partial charge in [-0.3, -0.25) is 4.90 Å². The fourth-order valence-electron chi connectivity index (χ4n) is 4.08. The molecule has 0 saturated carbocycles. The van der Waals surface area contributed by atoms with Gasteiger partial charge in [0.25, 0.3) is 0 Å². The smallest absolute Gasteiger partial charge is 0.344 e. The molecule has 1 saturated heterocycles. The van der Waals surface area contributed by atoms with E-state index in [9.17, 15) is 9.90 Å². The summed E-state index contributed by atoms with van der Waals surface area (Å²) < 4.78 is 5.66. The van der Waals surface area contributed by atoms with Gasteiger partial charge in [-0.2, -0.15) is 0 Å². The topological polar surface area (TPSA) is 53.7 Å². The molecule has 3 aromatic rings. The largest absolute Gasteiger partial charge is 0.507 e. The molecule has 2 aromatic carbocycles. The number of piperidine rings is 1. The van der Waals surface area contributed by atoms with Crippen LogP contribution in [0.25, 0.3) is 21.7 Å². The number of aromatic hydroxyl groups is 1. The Morgan fingerprint density at radius 1 is 1.12 bits per heavy atom. The zero-order valence-electron chi connectivity index (χ0n) is 14.5. The van der Waals surface area contributed by atoms with Crippen LogP contribution < -0.4 is 5.63 Å². The molecule has 0 spiro atoms. The van der Waals surface area contributed by atoms with Crippen molar-refractivity contribution in [1.82, 2.24) is 4.90 Å². The third kappa shape index (κ3) is 2.81. The lowest BCUT2D eigenvalue weighted by Crippen LogP contribution is -2.38. The molecule has 4 rings (SSSR count). The van der Waals surface area contributed by atoms with Gasteiger partial charge in [-0.15, -0.1) is 0 Å². The highest BCUT2D eigenvalue weighted by molar-refractivity contribution is 6.05. The first kappa shape index (κ1) is 16.2. The predicted molar refractivity (Wildman–Crippen MR) is 100.0 cm³/mol. The van der Waals surface area contributed by atoms with E-state index in [1.54, 1.807) is 12.1 Å². The Balaban J connectivity index is 1.88. The maximum atomic E-state index is 12.4. The molecule has 25 heavy (non-hydrogen) atoms. The second kappa shape index (κ2) is 6.52. The summed E-state index contributed by atoms with van der Waals surface area (Å²) >= 11 is 0. The number of phenols is 1. The molecular weight excluding hydrogens is 314 g/mol. The van der Waals surface area contributed by atoms with Crippen molar-refractivity contribution < 1.29 is 9.52 Å². The van der Waals surface area contributed by atoms with Gasteiger partial charge in [0.15, 0.2) is 0 Å². The Labute approximate surface area is 146 Å². The van der Waals surface area contributed by atoms with Gasteiger partial charge in [-0.1, -0.05) is 31.5 Å². The van der Waals surface area contributed by atoms with Crippen molar-refractivity contribution in [3.63, 3.8) is 0 Å². The Morgan fingerprint density at radius 3 is 2.72 bits per heavy atom. The highest BCUT2D eigenvalue weighted by Gasteiger charge is 2.24. The monoisotopic (exact) mass is 337 g/mol. The lowest BCUT2D eigenvalue weighted by molar-refractivity contribution is 0.135. The third-order valence-electron chi connectivity index (χ3n) is 5.45. The zero-order chi connectivity index (χ0) is 17.4. The SMILES string of the molecule is CC[C@H]1CCCCN1Cc1c(O)ccc2c1oc(=O)c1ccccc12. The Morgan fingerprint density at radius 2 is 1.92 bits per heavy atom. The normalized spacial score (nSPS) is 18.8. The molecule has 1 N–H and O–H groups in total. The molecule has 1 atom stereocenters. The van der Waals surface area contributed by atoms with Crippen LogP contribution in [0.3, 0.4) is 0 Å². The molecule has 1 aliphatic rings. The first-order chi connectivity index (χ1) is 12.2. The molecule has 130 valence electrons. The summed E-state index contributed by atoms with van der Waals surface area (Å²) in [5.41, 5.74) is 0.894. The van der Waals surface area contributed by atoms with Crippen LogP contribution in [0.1, 0.15) is 38.2 Å². The van der Waals surface area contributed by atoms with Crippen molar-refractivity contribution in [2.24, 2.45) is 0 Å². The van der Waals surface area contributed by atoms with E-state index in [-0.39, 0.29) is 11.4 Å². The average Bonchev–Trinajstić information content (AvgIpc) is 2.65. The number of nitrogens with zero attached hydrogens (tertiary/aromatic N) is 1. The van der Waals surface area contributed by atoms with Crippen LogP contribution in [-0.4, -0.2) is 22.6 Å². The number of likely N-dealkylation sites (tertiary alicyclic amines) is 1. The molecule has 1 aromatic heterocycles. The highest BCUT2D eigenvalue weighted by atomic mass is 16.4. The van der Waals surface area contributed by atoms with Gasteiger partial charge in [-0.25, -0.2) is 4.79 Å². The molecule has 4 heteroatoms. The van der Waals surface area contributed by atoms with Gasteiger partial charge in [0.05, 0.1) is 10.9 Å². The number of hydrogen-bond donors (Lipinski definition) is 1. The van der Waals surface area contributed by atoms with Gasteiger partial charge < -0.3 is 9.52 Å². The van der Waals surface area contributed by atoms with Crippen molar-refractivity contribution in [2.75, 3.05) is 6.54 Å². The van der Waals surface area contributed by atoms with Crippen molar-refractivity contribution >= 4 is 21.7 Å². The van der Waals surface area contributed by atoms with Gasteiger partial charge in [0.1, 0.15) is 11.3 Å². The van der Waals surface area contributed by atoms with E-state index >= 15 is 0 Å². The van der Waals surface area contributed by atoms with Crippen molar-refractivity contribution in [3.05, 3.63) is 52.4 Å². The van der Waals surface area contributed by atoms with E-state index in [0.29, 0.717) is 23.6 Å². The number of benzene rings is 2. The van der Waals surface area contributed by atoms with Crippen LogP contribution in [0.2, 0.25) is 0 Å². The summed E-state index contributed by atoms with van der Waals surface area (Å²) in [7, 11) is 0. The summed E-state index contributed by atoms with van der Waals surface area (Å²) in [4.78, 5) is 14.8. The fourth-order valence-corrected chi connectivity index (χ4v) is 4.08. The average molecular weight is 337 g/mol. The summed E-state index contributed by atoms with van der Waals surface area (Å²) in [5, 5.41) is 12.8. The molecule has 1 aliphatic heterocycles. The minimum atomic E-state index is -0.347. The van der Waals surface area contributed by atoms with Crippen LogP contribution in [0.15, 0.2) is 45.6 Å². The van der Waals surface area contributed by atoms with E-state index in [1.807, 2.05) is 24.3 Å².